The zero-order chi connectivity index (χ0) is 14.8. The van der Waals surface area contributed by atoms with Gasteiger partial charge in [-0.05, 0) is 68.1 Å². The maximum absolute atomic E-state index is 13.3. The molecule has 3 nitrogen and oxygen atoms in total. The van der Waals surface area contributed by atoms with Crippen LogP contribution in [0.15, 0.2) is 0 Å². The average Bonchev–Trinajstić information content (AvgIpc) is 2.38. The predicted molar refractivity (Wildman–Crippen MR) is 81.6 cm³/mol. The van der Waals surface area contributed by atoms with Crippen LogP contribution in [0.3, 0.4) is 0 Å². The molecular formula is C18H29NO2. The number of rotatable bonds is 1. The second kappa shape index (κ2) is 4.47. The van der Waals surface area contributed by atoms with Crippen molar-refractivity contribution in [1.29, 1.82) is 0 Å². The van der Waals surface area contributed by atoms with Crippen LogP contribution in [0.1, 0.15) is 58.8 Å². The van der Waals surface area contributed by atoms with Gasteiger partial charge in [0.05, 0.1) is 11.5 Å². The number of aliphatic hydroxyl groups is 1. The Labute approximate surface area is 128 Å². The fraction of sp³-hybridized carbons (Fsp3) is 0.944. The Balaban J connectivity index is 1.57. The normalized spacial score (nSPS) is 52.2. The van der Waals surface area contributed by atoms with E-state index in [9.17, 15) is 9.90 Å². The van der Waals surface area contributed by atoms with E-state index < -0.39 is 0 Å². The van der Waals surface area contributed by atoms with Gasteiger partial charge in [-0.25, -0.2) is 0 Å². The molecule has 0 aromatic rings. The molecule has 1 heterocycles. The monoisotopic (exact) mass is 291 g/mol. The fourth-order valence-corrected chi connectivity index (χ4v) is 6.62. The van der Waals surface area contributed by atoms with Gasteiger partial charge in [0.2, 0.25) is 5.91 Å². The summed E-state index contributed by atoms with van der Waals surface area (Å²) in [5.74, 6) is 2.26. The van der Waals surface area contributed by atoms with Gasteiger partial charge in [-0.1, -0.05) is 13.8 Å². The molecule has 4 aliphatic carbocycles. The van der Waals surface area contributed by atoms with Crippen molar-refractivity contribution < 1.29 is 9.90 Å². The Morgan fingerprint density at radius 2 is 1.86 bits per heavy atom. The van der Waals surface area contributed by atoms with Gasteiger partial charge in [0.1, 0.15) is 0 Å². The first kappa shape index (κ1) is 14.0. The predicted octanol–water partition coefficient (Wildman–Crippen LogP) is 2.82. The molecule has 0 aromatic carbocycles. The summed E-state index contributed by atoms with van der Waals surface area (Å²) in [4.78, 5) is 15.4. The van der Waals surface area contributed by atoms with Crippen LogP contribution in [0.4, 0.5) is 0 Å². The summed E-state index contributed by atoms with van der Waals surface area (Å²) in [6, 6.07) is 0. The van der Waals surface area contributed by atoms with Crippen LogP contribution in [-0.4, -0.2) is 35.1 Å². The van der Waals surface area contributed by atoms with E-state index in [1.165, 1.54) is 19.3 Å². The Morgan fingerprint density at radius 1 is 1.19 bits per heavy atom. The average molecular weight is 291 g/mol. The van der Waals surface area contributed by atoms with E-state index in [0.29, 0.717) is 11.3 Å². The minimum Gasteiger partial charge on any atom is -0.393 e. The highest BCUT2D eigenvalue weighted by Gasteiger charge is 2.59. The molecule has 0 spiro atoms. The first-order valence-corrected chi connectivity index (χ1v) is 8.87. The third kappa shape index (κ3) is 2.15. The van der Waals surface area contributed by atoms with Crippen molar-refractivity contribution in [3.63, 3.8) is 0 Å². The molecule has 1 N–H and O–H groups in total. The van der Waals surface area contributed by atoms with Crippen molar-refractivity contribution in [3.05, 3.63) is 0 Å². The van der Waals surface area contributed by atoms with Gasteiger partial charge in [0.15, 0.2) is 0 Å². The highest BCUT2D eigenvalue weighted by Crippen LogP contribution is 2.65. The molecule has 21 heavy (non-hydrogen) atoms. The molecule has 4 saturated carbocycles. The number of amides is 1. The maximum atomic E-state index is 13.3. The molecule has 4 atom stereocenters. The van der Waals surface area contributed by atoms with Gasteiger partial charge < -0.3 is 10.0 Å². The van der Waals surface area contributed by atoms with Crippen molar-refractivity contribution in [1.82, 2.24) is 4.90 Å². The molecule has 5 aliphatic rings. The molecule has 3 heteroatoms. The highest BCUT2D eigenvalue weighted by molar-refractivity contribution is 5.83. The van der Waals surface area contributed by atoms with Crippen LogP contribution >= 0.6 is 0 Å². The van der Waals surface area contributed by atoms with Crippen LogP contribution in [0.25, 0.3) is 0 Å². The van der Waals surface area contributed by atoms with Crippen LogP contribution in [0.5, 0.6) is 0 Å². The zero-order valence-electron chi connectivity index (χ0n) is 13.5. The zero-order valence-corrected chi connectivity index (χ0v) is 13.5. The smallest absolute Gasteiger partial charge is 0.228 e. The fourth-order valence-electron chi connectivity index (χ4n) is 6.62. The Hall–Kier alpha value is -0.570. The summed E-state index contributed by atoms with van der Waals surface area (Å²) in [6.45, 7) is 6.02. The van der Waals surface area contributed by atoms with E-state index in [0.717, 1.165) is 50.6 Å². The largest absolute Gasteiger partial charge is 0.393 e. The van der Waals surface area contributed by atoms with Crippen LogP contribution in [-0.2, 0) is 4.79 Å². The Kier molecular flexibility index (Phi) is 2.99. The second-order valence-corrected chi connectivity index (χ2v) is 9.14. The molecule has 4 bridgehead atoms. The van der Waals surface area contributed by atoms with Gasteiger partial charge >= 0.3 is 0 Å². The lowest BCUT2D eigenvalue weighted by atomic mass is 9.44. The number of nitrogens with zero attached hydrogens (tertiary/aromatic N) is 1. The molecule has 0 aromatic heterocycles. The number of aliphatic hydroxyl groups excluding tert-OH is 1. The second-order valence-electron chi connectivity index (χ2n) is 9.14. The molecule has 1 amide bonds. The third-order valence-electron chi connectivity index (χ3n) is 6.95. The van der Waals surface area contributed by atoms with Gasteiger partial charge in [0, 0.05) is 13.1 Å². The molecule has 118 valence electrons. The minimum absolute atomic E-state index is 0.0408. The van der Waals surface area contributed by atoms with Crippen molar-refractivity contribution >= 4 is 5.91 Å². The first-order valence-electron chi connectivity index (χ1n) is 8.87. The van der Waals surface area contributed by atoms with E-state index in [2.05, 4.69) is 18.7 Å². The van der Waals surface area contributed by atoms with Gasteiger partial charge in [0.25, 0.3) is 0 Å². The topological polar surface area (TPSA) is 40.5 Å². The van der Waals surface area contributed by atoms with E-state index in [-0.39, 0.29) is 17.4 Å². The van der Waals surface area contributed by atoms with Crippen molar-refractivity contribution in [3.8, 4) is 0 Å². The molecule has 4 unspecified atom stereocenters. The number of hydrogen-bond acceptors (Lipinski definition) is 2. The highest BCUT2D eigenvalue weighted by atomic mass is 16.3. The molecule has 1 saturated heterocycles. The van der Waals surface area contributed by atoms with Gasteiger partial charge in [-0.3, -0.25) is 4.79 Å². The molecule has 0 radical (unpaired) electrons. The van der Waals surface area contributed by atoms with Crippen LogP contribution in [0, 0.1) is 28.6 Å². The van der Waals surface area contributed by atoms with Crippen molar-refractivity contribution in [2.75, 3.05) is 13.1 Å². The van der Waals surface area contributed by atoms with Gasteiger partial charge in [-0.15, -0.1) is 0 Å². The number of likely N-dealkylation sites (tertiary alicyclic amines) is 1. The Bertz CT molecular complexity index is 446. The van der Waals surface area contributed by atoms with Crippen molar-refractivity contribution in [2.45, 2.75) is 64.9 Å². The SMILES string of the molecule is CC1CN(C(=O)C23CC4CC(CC(C)(C4)C2)C3)CCC1O. The van der Waals surface area contributed by atoms with E-state index >= 15 is 0 Å². The number of carbonyl (C=O) groups excluding carboxylic acids is 1. The summed E-state index contributed by atoms with van der Waals surface area (Å²) in [5, 5.41) is 9.91. The van der Waals surface area contributed by atoms with Crippen LogP contribution in [0.2, 0.25) is 0 Å². The van der Waals surface area contributed by atoms with Crippen LogP contribution < -0.4 is 0 Å². The lowest BCUT2D eigenvalue weighted by molar-refractivity contribution is -0.169. The summed E-state index contributed by atoms with van der Waals surface area (Å²) in [7, 11) is 0. The van der Waals surface area contributed by atoms with E-state index in [4.69, 9.17) is 0 Å². The lowest BCUT2D eigenvalue weighted by Crippen LogP contribution is -2.59. The number of carbonyl (C=O) groups is 1. The molecular weight excluding hydrogens is 262 g/mol. The molecule has 1 aliphatic heterocycles. The standard InChI is InChI=1S/C18H29NO2/c1-12-10-19(4-3-15(12)20)16(21)18-8-13-5-14(9-18)7-17(2,6-13)11-18/h12-15,20H,3-11H2,1-2H3. The summed E-state index contributed by atoms with van der Waals surface area (Å²) in [6.07, 6.45) is 8.03. The van der Waals surface area contributed by atoms with E-state index in [1.807, 2.05) is 0 Å². The minimum atomic E-state index is -0.220. The summed E-state index contributed by atoms with van der Waals surface area (Å²) >= 11 is 0. The quantitative estimate of drug-likeness (QED) is 0.807. The maximum Gasteiger partial charge on any atom is 0.228 e. The summed E-state index contributed by atoms with van der Waals surface area (Å²) in [5.41, 5.74) is 0.390. The number of piperidine rings is 1. The first-order chi connectivity index (χ1) is 9.89. The summed E-state index contributed by atoms with van der Waals surface area (Å²) < 4.78 is 0. The number of hydrogen-bond donors (Lipinski definition) is 1. The molecule has 5 rings (SSSR count). The Morgan fingerprint density at radius 3 is 2.43 bits per heavy atom. The third-order valence-corrected chi connectivity index (χ3v) is 6.95. The lowest BCUT2D eigenvalue weighted by Gasteiger charge is -2.61. The van der Waals surface area contributed by atoms with E-state index in [1.54, 1.807) is 0 Å². The van der Waals surface area contributed by atoms with Crippen molar-refractivity contribution in [2.24, 2.45) is 28.6 Å². The van der Waals surface area contributed by atoms with Gasteiger partial charge in [-0.2, -0.15) is 0 Å². The molecule has 5 fully saturated rings.